The van der Waals surface area contributed by atoms with Gasteiger partial charge >= 0.3 is 0 Å². The Hall–Kier alpha value is -0.870. The molecule has 0 amide bonds. The Morgan fingerprint density at radius 1 is 1.60 bits per heavy atom. The van der Waals surface area contributed by atoms with Gasteiger partial charge in [0.2, 0.25) is 0 Å². The molecule has 0 saturated carbocycles. The largest absolute Gasteiger partial charge is 0.385 e. The fourth-order valence-corrected chi connectivity index (χ4v) is 1.56. The number of nitrogens with zero attached hydrogens (tertiary/aromatic N) is 2. The molecule has 0 aliphatic carbocycles. The number of hydrogen-bond acceptors (Lipinski definition) is 3. The van der Waals surface area contributed by atoms with Crippen LogP contribution in [0.2, 0.25) is 0 Å². The summed E-state index contributed by atoms with van der Waals surface area (Å²) in [6.07, 6.45) is 5.65. The van der Waals surface area contributed by atoms with Crippen LogP contribution in [0.15, 0.2) is 12.4 Å². The van der Waals surface area contributed by atoms with Crippen molar-refractivity contribution in [1.82, 2.24) is 9.78 Å². The average Bonchev–Trinajstić information content (AvgIpc) is 2.62. The molecule has 1 rings (SSSR count). The van der Waals surface area contributed by atoms with Crippen LogP contribution in [0.5, 0.6) is 0 Å². The lowest BCUT2D eigenvalue weighted by molar-refractivity contribution is 0.171. The molecule has 0 aliphatic rings. The van der Waals surface area contributed by atoms with Gasteiger partial charge in [-0.3, -0.25) is 4.68 Å². The normalized spacial score (nSPS) is 15.2. The predicted octanol–water partition coefficient (Wildman–Crippen LogP) is 1.20. The Balaban J connectivity index is 2.52. The van der Waals surface area contributed by atoms with Crippen molar-refractivity contribution in [2.45, 2.75) is 38.8 Å². The molecule has 15 heavy (non-hydrogen) atoms. The molecule has 1 aromatic heterocycles. The number of methoxy groups -OCH3 is 1. The third-order valence-corrected chi connectivity index (χ3v) is 2.50. The molecule has 0 radical (unpaired) electrons. The van der Waals surface area contributed by atoms with Crippen LogP contribution in [0.3, 0.4) is 0 Å². The topological polar surface area (TPSA) is 53.1 Å². The molecule has 0 aliphatic heterocycles. The van der Waals surface area contributed by atoms with Gasteiger partial charge in [0.15, 0.2) is 0 Å². The maximum Gasteiger partial charge on any atom is 0.0522 e. The van der Waals surface area contributed by atoms with Crippen molar-refractivity contribution in [1.29, 1.82) is 0 Å². The average molecular weight is 211 g/mol. The standard InChI is InChI=1S/C11H21N3O/c1-4-14-9-10(8-13-14)7-11(2,12)5-6-15-3/h8-9H,4-7,12H2,1-3H3. The highest BCUT2D eigenvalue weighted by atomic mass is 16.5. The number of rotatable bonds is 6. The number of nitrogens with two attached hydrogens (primary N) is 1. The minimum absolute atomic E-state index is 0.211. The van der Waals surface area contributed by atoms with Crippen LogP contribution in [-0.2, 0) is 17.7 Å². The van der Waals surface area contributed by atoms with Crippen molar-refractivity contribution < 1.29 is 4.74 Å². The molecule has 2 N–H and O–H groups in total. The highest BCUT2D eigenvalue weighted by Gasteiger charge is 2.19. The van der Waals surface area contributed by atoms with Crippen LogP contribution in [0, 0.1) is 0 Å². The molecule has 4 nitrogen and oxygen atoms in total. The van der Waals surface area contributed by atoms with E-state index in [0.717, 1.165) is 19.4 Å². The lowest BCUT2D eigenvalue weighted by atomic mass is 9.92. The van der Waals surface area contributed by atoms with E-state index in [4.69, 9.17) is 10.5 Å². The lowest BCUT2D eigenvalue weighted by Crippen LogP contribution is -2.39. The zero-order valence-electron chi connectivity index (χ0n) is 9.86. The summed E-state index contributed by atoms with van der Waals surface area (Å²) < 4.78 is 6.96. The van der Waals surface area contributed by atoms with Gasteiger partial charge < -0.3 is 10.5 Å². The minimum Gasteiger partial charge on any atom is -0.385 e. The summed E-state index contributed by atoms with van der Waals surface area (Å²) in [5, 5.41) is 4.23. The van der Waals surface area contributed by atoms with Crippen molar-refractivity contribution in [3.8, 4) is 0 Å². The van der Waals surface area contributed by atoms with E-state index >= 15 is 0 Å². The Morgan fingerprint density at radius 2 is 2.33 bits per heavy atom. The first kappa shape index (κ1) is 12.2. The molecule has 0 spiro atoms. The number of ether oxygens (including phenoxy) is 1. The third kappa shape index (κ3) is 4.01. The molecule has 0 bridgehead atoms. The second-order valence-electron chi connectivity index (χ2n) is 4.28. The minimum atomic E-state index is -0.211. The summed E-state index contributed by atoms with van der Waals surface area (Å²) in [5.74, 6) is 0. The van der Waals surface area contributed by atoms with Gasteiger partial charge in [0.05, 0.1) is 6.20 Å². The van der Waals surface area contributed by atoms with Gasteiger partial charge in [-0.2, -0.15) is 5.10 Å². The lowest BCUT2D eigenvalue weighted by Gasteiger charge is -2.23. The van der Waals surface area contributed by atoms with Crippen molar-refractivity contribution in [3.63, 3.8) is 0 Å². The second-order valence-corrected chi connectivity index (χ2v) is 4.28. The smallest absolute Gasteiger partial charge is 0.0522 e. The summed E-state index contributed by atoms with van der Waals surface area (Å²) >= 11 is 0. The Morgan fingerprint density at radius 3 is 2.87 bits per heavy atom. The van der Waals surface area contributed by atoms with Crippen LogP contribution < -0.4 is 5.73 Å². The Bertz CT molecular complexity index is 294. The zero-order chi connectivity index (χ0) is 11.3. The fourth-order valence-electron chi connectivity index (χ4n) is 1.56. The molecule has 4 heteroatoms. The summed E-state index contributed by atoms with van der Waals surface area (Å²) in [6.45, 7) is 5.73. The van der Waals surface area contributed by atoms with Crippen molar-refractivity contribution in [3.05, 3.63) is 18.0 Å². The summed E-state index contributed by atoms with van der Waals surface area (Å²) in [4.78, 5) is 0. The van der Waals surface area contributed by atoms with Gasteiger partial charge in [-0.05, 0) is 32.3 Å². The Labute approximate surface area is 91.4 Å². The maximum atomic E-state index is 6.17. The first-order chi connectivity index (χ1) is 7.07. The molecular weight excluding hydrogens is 190 g/mol. The Kier molecular flexibility index (Phi) is 4.29. The first-order valence-electron chi connectivity index (χ1n) is 5.36. The van der Waals surface area contributed by atoms with E-state index in [-0.39, 0.29) is 5.54 Å². The molecule has 0 aromatic carbocycles. The highest BCUT2D eigenvalue weighted by molar-refractivity contribution is 5.08. The molecule has 1 unspecified atom stereocenters. The molecule has 0 saturated heterocycles. The quantitative estimate of drug-likeness (QED) is 0.769. The molecule has 1 atom stereocenters. The monoisotopic (exact) mass is 211 g/mol. The summed E-state index contributed by atoms with van der Waals surface area (Å²) in [7, 11) is 1.70. The zero-order valence-corrected chi connectivity index (χ0v) is 9.86. The molecule has 1 heterocycles. The van der Waals surface area contributed by atoms with Crippen molar-refractivity contribution in [2.75, 3.05) is 13.7 Å². The highest BCUT2D eigenvalue weighted by Crippen LogP contribution is 2.13. The molecular formula is C11H21N3O. The predicted molar refractivity (Wildman–Crippen MR) is 60.7 cm³/mol. The van der Waals surface area contributed by atoms with Crippen molar-refractivity contribution in [2.24, 2.45) is 5.73 Å². The SMILES string of the molecule is CCn1cc(CC(C)(N)CCOC)cn1. The van der Waals surface area contributed by atoms with Gasteiger partial charge in [-0.1, -0.05) is 0 Å². The van der Waals surface area contributed by atoms with Gasteiger partial charge in [0, 0.05) is 32.0 Å². The van der Waals surface area contributed by atoms with E-state index in [1.54, 1.807) is 7.11 Å². The van der Waals surface area contributed by atoms with E-state index in [0.29, 0.717) is 6.61 Å². The van der Waals surface area contributed by atoms with Crippen molar-refractivity contribution >= 4 is 0 Å². The van der Waals surface area contributed by atoms with Gasteiger partial charge in [-0.15, -0.1) is 0 Å². The van der Waals surface area contributed by atoms with E-state index in [2.05, 4.69) is 25.1 Å². The third-order valence-electron chi connectivity index (χ3n) is 2.50. The first-order valence-corrected chi connectivity index (χ1v) is 5.36. The fraction of sp³-hybridized carbons (Fsp3) is 0.727. The van der Waals surface area contributed by atoms with E-state index in [9.17, 15) is 0 Å². The van der Waals surface area contributed by atoms with Gasteiger partial charge in [-0.25, -0.2) is 0 Å². The number of hydrogen-bond donors (Lipinski definition) is 1. The second kappa shape index (κ2) is 5.28. The molecule has 1 aromatic rings. The van der Waals surface area contributed by atoms with Crippen LogP contribution in [0.25, 0.3) is 0 Å². The van der Waals surface area contributed by atoms with E-state index < -0.39 is 0 Å². The molecule has 86 valence electrons. The number of aryl methyl sites for hydroxylation is 1. The summed E-state index contributed by atoms with van der Waals surface area (Å²) in [6, 6.07) is 0. The summed E-state index contributed by atoms with van der Waals surface area (Å²) in [5.41, 5.74) is 7.15. The maximum absolute atomic E-state index is 6.17. The van der Waals surface area contributed by atoms with Gasteiger partial charge in [0.25, 0.3) is 0 Å². The van der Waals surface area contributed by atoms with Crippen LogP contribution in [0.1, 0.15) is 25.8 Å². The molecule has 0 fully saturated rings. The van der Waals surface area contributed by atoms with Crippen LogP contribution >= 0.6 is 0 Å². The van der Waals surface area contributed by atoms with Gasteiger partial charge in [0.1, 0.15) is 0 Å². The van der Waals surface area contributed by atoms with E-state index in [1.807, 2.05) is 10.9 Å². The number of aromatic nitrogens is 2. The van der Waals surface area contributed by atoms with E-state index in [1.165, 1.54) is 5.56 Å². The van der Waals surface area contributed by atoms with Crippen LogP contribution in [0.4, 0.5) is 0 Å². The van der Waals surface area contributed by atoms with Crippen LogP contribution in [-0.4, -0.2) is 29.0 Å².